The molecular formula is C12H18BNO4S. The van der Waals surface area contributed by atoms with E-state index in [1.165, 1.54) is 0 Å². The van der Waals surface area contributed by atoms with Crippen LogP contribution in [0.15, 0.2) is 24.3 Å². The van der Waals surface area contributed by atoms with Crippen molar-refractivity contribution in [3.05, 3.63) is 29.8 Å². The molecule has 1 heterocycles. The first kappa shape index (κ1) is 14.5. The fourth-order valence-corrected chi connectivity index (χ4v) is 3.92. The van der Waals surface area contributed by atoms with Gasteiger partial charge < -0.3 is 10.0 Å². The SMILES string of the molecule is CC1CS(=O)(=O)CCN1Cc1ccc(B(O)O)cc1. The van der Waals surface area contributed by atoms with Crippen LogP contribution in [0, 0.1) is 0 Å². The molecule has 0 spiro atoms. The number of nitrogens with zero attached hydrogens (tertiary/aromatic N) is 1. The molecule has 1 aromatic carbocycles. The fourth-order valence-electron chi connectivity index (χ4n) is 2.30. The largest absolute Gasteiger partial charge is 0.488 e. The van der Waals surface area contributed by atoms with Gasteiger partial charge in [-0.3, -0.25) is 4.90 Å². The molecular weight excluding hydrogens is 265 g/mol. The van der Waals surface area contributed by atoms with E-state index in [1.54, 1.807) is 12.1 Å². The lowest BCUT2D eigenvalue weighted by Crippen LogP contribution is -2.46. The van der Waals surface area contributed by atoms with E-state index in [-0.39, 0.29) is 17.5 Å². The van der Waals surface area contributed by atoms with E-state index in [2.05, 4.69) is 4.90 Å². The van der Waals surface area contributed by atoms with Gasteiger partial charge >= 0.3 is 7.12 Å². The lowest BCUT2D eigenvalue weighted by molar-refractivity contribution is 0.218. The maximum Gasteiger partial charge on any atom is 0.488 e. The van der Waals surface area contributed by atoms with Gasteiger partial charge in [0.2, 0.25) is 0 Å². The minimum Gasteiger partial charge on any atom is -0.423 e. The van der Waals surface area contributed by atoms with Crippen molar-refractivity contribution < 1.29 is 18.5 Å². The molecule has 104 valence electrons. The minimum atomic E-state index is -2.88. The maximum absolute atomic E-state index is 11.5. The van der Waals surface area contributed by atoms with E-state index in [0.29, 0.717) is 18.6 Å². The van der Waals surface area contributed by atoms with Crippen molar-refractivity contribution in [3.63, 3.8) is 0 Å². The highest BCUT2D eigenvalue weighted by Crippen LogP contribution is 2.14. The highest BCUT2D eigenvalue weighted by Gasteiger charge is 2.27. The number of benzene rings is 1. The second-order valence-corrected chi connectivity index (χ2v) is 7.28. The molecule has 2 rings (SSSR count). The van der Waals surface area contributed by atoms with Crippen molar-refractivity contribution in [2.24, 2.45) is 0 Å². The Morgan fingerprint density at radius 3 is 2.47 bits per heavy atom. The fraction of sp³-hybridized carbons (Fsp3) is 0.500. The van der Waals surface area contributed by atoms with Crippen LogP contribution in [-0.2, 0) is 16.4 Å². The van der Waals surface area contributed by atoms with Crippen molar-refractivity contribution in [2.45, 2.75) is 19.5 Å². The van der Waals surface area contributed by atoms with E-state index in [9.17, 15) is 8.42 Å². The predicted molar refractivity (Wildman–Crippen MR) is 74.8 cm³/mol. The number of sulfone groups is 1. The Labute approximate surface area is 113 Å². The van der Waals surface area contributed by atoms with Crippen molar-refractivity contribution in [1.29, 1.82) is 0 Å². The first-order valence-corrected chi connectivity index (χ1v) is 8.09. The zero-order chi connectivity index (χ0) is 14.0. The van der Waals surface area contributed by atoms with Gasteiger partial charge in [-0.1, -0.05) is 24.3 Å². The smallest absolute Gasteiger partial charge is 0.423 e. The standard InChI is InChI=1S/C12H18BNO4S/c1-10-9-19(17,18)7-6-14(10)8-11-2-4-12(5-3-11)13(15)16/h2-5,10,15-16H,6-9H2,1H3. The van der Waals surface area contributed by atoms with Crippen molar-refractivity contribution >= 4 is 22.4 Å². The van der Waals surface area contributed by atoms with E-state index >= 15 is 0 Å². The Morgan fingerprint density at radius 2 is 1.95 bits per heavy atom. The Balaban J connectivity index is 2.01. The van der Waals surface area contributed by atoms with Crippen molar-refractivity contribution in [1.82, 2.24) is 4.90 Å². The summed E-state index contributed by atoms with van der Waals surface area (Å²) >= 11 is 0. The molecule has 1 atom stereocenters. The molecule has 1 aliphatic rings. The number of hydrogen-bond acceptors (Lipinski definition) is 5. The highest BCUT2D eigenvalue weighted by atomic mass is 32.2. The van der Waals surface area contributed by atoms with Crippen LogP contribution in [0.4, 0.5) is 0 Å². The summed E-state index contributed by atoms with van der Waals surface area (Å²) in [5.74, 6) is 0.422. The van der Waals surface area contributed by atoms with Gasteiger partial charge in [-0.05, 0) is 17.9 Å². The monoisotopic (exact) mass is 283 g/mol. The molecule has 1 aliphatic heterocycles. The minimum absolute atomic E-state index is 0.0156. The lowest BCUT2D eigenvalue weighted by atomic mass is 9.80. The second kappa shape index (κ2) is 5.62. The van der Waals surface area contributed by atoms with E-state index in [4.69, 9.17) is 10.0 Å². The van der Waals surface area contributed by atoms with Gasteiger partial charge in [0, 0.05) is 19.1 Å². The van der Waals surface area contributed by atoms with Crippen molar-refractivity contribution in [3.8, 4) is 0 Å². The Hall–Kier alpha value is -0.885. The summed E-state index contributed by atoms with van der Waals surface area (Å²) < 4.78 is 23.0. The molecule has 1 aromatic rings. The molecule has 0 aromatic heterocycles. The first-order chi connectivity index (χ1) is 8.87. The molecule has 2 N–H and O–H groups in total. The molecule has 1 fully saturated rings. The Bertz CT molecular complexity index is 529. The van der Waals surface area contributed by atoms with E-state index in [1.807, 2.05) is 19.1 Å². The van der Waals surface area contributed by atoms with Crippen LogP contribution in [0.2, 0.25) is 0 Å². The molecule has 0 bridgehead atoms. The van der Waals surface area contributed by atoms with Gasteiger partial charge in [-0.15, -0.1) is 0 Å². The summed E-state index contributed by atoms with van der Waals surface area (Å²) in [5, 5.41) is 18.0. The molecule has 0 saturated carbocycles. The quantitative estimate of drug-likeness (QED) is 0.695. The van der Waals surface area contributed by atoms with Crippen LogP contribution >= 0.6 is 0 Å². The Kier molecular flexibility index (Phi) is 4.30. The third-order valence-electron chi connectivity index (χ3n) is 3.47. The zero-order valence-electron chi connectivity index (χ0n) is 10.9. The molecule has 7 heteroatoms. The first-order valence-electron chi connectivity index (χ1n) is 6.27. The molecule has 0 radical (unpaired) electrons. The summed E-state index contributed by atoms with van der Waals surface area (Å²) in [6.45, 7) is 3.15. The maximum atomic E-state index is 11.5. The predicted octanol–water partition coefficient (Wildman–Crippen LogP) is -1.01. The highest BCUT2D eigenvalue weighted by molar-refractivity contribution is 7.91. The third-order valence-corrected chi connectivity index (χ3v) is 5.27. The van der Waals surface area contributed by atoms with Crippen LogP contribution in [0.3, 0.4) is 0 Å². The van der Waals surface area contributed by atoms with Crippen LogP contribution in [0.25, 0.3) is 0 Å². The number of rotatable bonds is 3. The average Bonchev–Trinajstić information content (AvgIpc) is 2.33. The Morgan fingerprint density at radius 1 is 1.32 bits per heavy atom. The summed E-state index contributed by atoms with van der Waals surface area (Å²) in [4.78, 5) is 2.13. The van der Waals surface area contributed by atoms with Crippen molar-refractivity contribution in [2.75, 3.05) is 18.1 Å². The molecule has 5 nitrogen and oxygen atoms in total. The number of hydrogen-bond donors (Lipinski definition) is 2. The normalized spacial score (nSPS) is 23.2. The molecule has 0 aliphatic carbocycles. The van der Waals surface area contributed by atoms with Gasteiger partial charge in [0.15, 0.2) is 9.84 Å². The van der Waals surface area contributed by atoms with Gasteiger partial charge in [-0.25, -0.2) is 8.42 Å². The summed E-state index contributed by atoms with van der Waals surface area (Å²) in [7, 11) is -4.33. The molecule has 19 heavy (non-hydrogen) atoms. The van der Waals surface area contributed by atoms with E-state index in [0.717, 1.165) is 5.56 Å². The topological polar surface area (TPSA) is 77.8 Å². The van der Waals surface area contributed by atoms with Crippen LogP contribution in [0.1, 0.15) is 12.5 Å². The van der Waals surface area contributed by atoms with E-state index < -0.39 is 17.0 Å². The van der Waals surface area contributed by atoms with Crippen LogP contribution in [0.5, 0.6) is 0 Å². The summed E-state index contributed by atoms with van der Waals surface area (Å²) in [6, 6.07) is 7.04. The molecule has 1 saturated heterocycles. The molecule has 0 amide bonds. The summed E-state index contributed by atoms with van der Waals surface area (Å²) in [5.41, 5.74) is 1.49. The average molecular weight is 283 g/mol. The lowest BCUT2D eigenvalue weighted by Gasteiger charge is -2.33. The zero-order valence-corrected chi connectivity index (χ0v) is 11.7. The van der Waals surface area contributed by atoms with Gasteiger partial charge in [-0.2, -0.15) is 0 Å². The van der Waals surface area contributed by atoms with Crippen LogP contribution in [-0.4, -0.2) is 54.6 Å². The van der Waals surface area contributed by atoms with Gasteiger partial charge in [0.05, 0.1) is 11.5 Å². The van der Waals surface area contributed by atoms with Gasteiger partial charge in [0.1, 0.15) is 0 Å². The molecule has 1 unspecified atom stereocenters. The van der Waals surface area contributed by atoms with Gasteiger partial charge in [0.25, 0.3) is 0 Å². The van der Waals surface area contributed by atoms with Crippen LogP contribution < -0.4 is 5.46 Å². The summed E-state index contributed by atoms with van der Waals surface area (Å²) in [6.07, 6.45) is 0. The third kappa shape index (κ3) is 3.79. The second-order valence-electron chi connectivity index (χ2n) is 5.05.